The van der Waals surface area contributed by atoms with Crippen molar-refractivity contribution in [2.45, 2.75) is 33.7 Å². The highest BCUT2D eigenvalue weighted by Gasteiger charge is 2.26. The maximum Gasteiger partial charge on any atom is 0.287 e. The molecule has 2 amide bonds. The minimum atomic E-state index is -0.646. The molecule has 1 atom stereocenters. The van der Waals surface area contributed by atoms with Crippen LogP contribution in [0.4, 0.5) is 5.69 Å². The Labute approximate surface area is 136 Å². The number of aryl methyl sites for hydroxylation is 1. The van der Waals surface area contributed by atoms with E-state index in [4.69, 9.17) is 4.42 Å². The van der Waals surface area contributed by atoms with Gasteiger partial charge in [-0.25, -0.2) is 0 Å². The van der Waals surface area contributed by atoms with Gasteiger partial charge in [-0.2, -0.15) is 0 Å². The number of hydrogen-bond donors (Lipinski definition) is 2. The smallest absolute Gasteiger partial charge is 0.287 e. The summed E-state index contributed by atoms with van der Waals surface area (Å²) in [7, 11) is 0. The molecular formula is C18H22N2O3. The van der Waals surface area contributed by atoms with Crippen LogP contribution < -0.4 is 10.6 Å². The van der Waals surface area contributed by atoms with E-state index in [1.54, 1.807) is 12.1 Å². The molecule has 23 heavy (non-hydrogen) atoms. The lowest BCUT2D eigenvalue weighted by Crippen LogP contribution is -2.47. The first-order valence-corrected chi connectivity index (χ1v) is 7.61. The molecule has 0 aliphatic heterocycles. The summed E-state index contributed by atoms with van der Waals surface area (Å²) in [6.07, 6.45) is 1.43. The van der Waals surface area contributed by atoms with Crippen molar-refractivity contribution in [1.29, 1.82) is 0 Å². The topological polar surface area (TPSA) is 71.3 Å². The average Bonchev–Trinajstić information content (AvgIpc) is 3.03. The normalized spacial score (nSPS) is 12.0. The number of anilines is 1. The van der Waals surface area contributed by atoms with E-state index < -0.39 is 11.9 Å². The van der Waals surface area contributed by atoms with Crippen molar-refractivity contribution < 1.29 is 14.0 Å². The van der Waals surface area contributed by atoms with Crippen LogP contribution in [-0.2, 0) is 4.79 Å². The number of rotatable bonds is 5. The van der Waals surface area contributed by atoms with Gasteiger partial charge in [-0.15, -0.1) is 0 Å². The number of benzene rings is 1. The van der Waals surface area contributed by atoms with E-state index in [-0.39, 0.29) is 17.6 Å². The lowest BCUT2D eigenvalue weighted by atomic mass is 10.0. The first kappa shape index (κ1) is 16.8. The molecule has 0 saturated heterocycles. The molecule has 2 N–H and O–H groups in total. The Morgan fingerprint density at radius 1 is 1.09 bits per heavy atom. The molecule has 0 fully saturated rings. The highest BCUT2D eigenvalue weighted by molar-refractivity contribution is 6.00. The molecule has 1 unspecified atom stereocenters. The van der Waals surface area contributed by atoms with Gasteiger partial charge in [0, 0.05) is 5.69 Å². The van der Waals surface area contributed by atoms with Gasteiger partial charge in [0.15, 0.2) is 5.76 Å². The third kappa shape index (κ3) is 4.00. The Hall–Kier alpha value is -2.56. The average molecular weight is 314 g/mol. The van der Waals surface area contributed by atoms with Crippen molar-refractivity contribution in [3.05, 3.63) is 53.5 Å². The first-order chi connectivity index (χ1) is 10.9. The third-order valence-corrected chi connectivity index (χ3v) is 3.84. The molecule has 1 aromatic heterocycles. The highest BCUT2D eigenvalue weighted by Crippen LogP contribution is 2.19. The molecule has 0 saturated carbocycles. The minimum Gasteiger partial charge on any atom is -0.459 e. The van der Waals surface area contributed by atoms with E-state index in [1.807, 2.05) is 45.9 Å². The number of carbonyl (C=O) groups is 2. The quantitative estimate of drug-likeness (QED) is 0.889. The van der Waals surface area contributed by atoms with E-state index in [1.165, 1.54) is 6.26 Å². The standard InChI is InChI=1S/C18H22N2O3/c1-11(2)16(20-17(21)15-9-6-10-23-15)18(22)19-14-8-5-7-12(3)13(14)4/h5-11,16H,1-4H3,(H,19,22)(H,20,21). The van der Waals surface area contributed by atoms with Crippen LogP contribution >= 0.6 is 0 Å². The van der Waals surface area contributed by atoms with Crippen LogP contribution in [0.25, 0.3) is 0 Å². The monoisotopic (exact) mass is 314 g/mol. The molecule has 0 aliphatic rings. The van der Waals surface area contributed by atoms with Crippen molar-refractivity contribution in [3.63, 3.8) is 0 Å². The number of furan rings is 1. The maximum absolute atomic E-state index is 12.6. The summed E-state index contributed by atoms with van der Waals surface area (Å²) in [5.74, 6) is -0.507. The van der Waals surface area contributed by atoms with Crippen LogP contribution in [0.2, 0.25) is 0 Å². The Bertz CT molecular complexity index is 690. The van der Waals surface area contributed by atoms with Crippen molar-refractivity contribution in [2.75, 3.05) is 5.32 Å². The summed E-state index contributed by atoms with van der Waals surface area (Å²) >= 11 is 0. The van der Waals surface area contributed by atoms with E-state index in [0.29, 0.717) is 0 Å². The van der Waals surface area contributed by atoms with E-state index in [9.17, 15) is 9.59 Å². The highest BCUT2D eigenvalue weighted by atomic mass is 16.3. The fourth-order valence-electron chi connectivity index (χ4n) is 2.25. The van der Waals surface area contributed by atoms with Gasteiger partial charge in [0.25, 0.3) is 5.91 Å². The van der Waals surface area contributed by atoms with Crippen LogP contribution in [0, 0.1) is 19.8 Å². The minimum absolute atomic E-state index is 0.0565. The zero-order chi connectivity index (χ0) is 17.0. The van der Waals surface area contributed by atoms with Crippen LogP contribution in [0.1, 0.15) is 35.5 Å². The predicted octanol–water partition coefficient (Wildman–Crippen LogP) is 3.29. The van der Waals surface area contributed by atoms with E-state index in [2.05, 4.69) is 10.6 Å². The van der Waals surface area contributed by atoms with E-state index in [0.717, 1.165) is 16.8 Å². The molecule has 2 aromatic rings. The summed E-state index contributed by atoms with van der Waals surface area (Å²) in [6, 6.07) is 8.29. The van der Waals surface area contributed by atoms with Gasteiger partial charge < -0.3 is 15.1 Å². The fraction of sp³-hybridized carbons (Fsp3) is 0.333. The van der Waals surface area contributed by atoms with Crippen LogP contribution in [0.3, 0.4) is 0 Å². The molecule has 2 rings (SSSR count). The predicted molar refractivity (Wildman–Crippen MR) is 89.3 cm³/mol. The largest absolute Gasteiger partial charge is 0.459 e. The lowest BCUT2D eigenvalue weighted by Gasteiger charge is -2.22. The van der Waals surface area contributed by atoms with Gasteiger partial charge in [0.1, 0.15) is 6.04 Å². The molecule has 122 valence electrons. The van der Waals surface area contributed by atoms with Gasteiger partial charge >= 0.3 is 0 Å². The molecule has 0 spiro atoms. The Kier molecular flexibility index (Phi) is 5.21. The summed E-state index contributed by atoms with van der Waals surface area (Å²) in [4.78, 5) is 24.7. The second-order valence-corrected chi connectivity index (χ2v) is 5.91. The maximum atomic E-state index is 12.6. The van der Waals surface area contributed by atoms with Crippen LogP contribution in [-0.4, -0.2) is 17.9 Å². The zero-order valence-corrected chi connectivity index (χ0v) is 13.8. The van der Waals surface area contributed by atoms with Gasteiger partial charge in [-0.3, -0.25) is 9.59 Å². The number of carbonyl (C=O) groups excluding carboxylic acids is 2. The number of nitrogens with one attached hydrogen (secondary N) is 2. The summed E-state index contributed by atoms with van der Waals surface area (Å²) in [5.41, 5.74) is 2.87. The first-order valence-electron chi connectivity index (χ1n) is 7.61. The van der Waals surface area contributed by atoms with Gasteiger partial charge in [-0.05, 0) is 49.1 Å². The second-order valence-electron chi connectivity index (χ2n) is 5.91. The lowest BCUT2D eigenvalue weighted by molar-refractivity contribution is -0.118. The molecule has 0 radical (unpaired) electrons. The summed E-state index contributed by atoms with van der Waals surface area (Å²) < 4.78 is 5.07. The molecule has 1 heterocycles. The second kappa shape index (κ2) is 7.13. The van der Waals surface area contributed by atoms with Crippen molar-refractivity contribution >= 4 is 17.5 Å². The molecular weight excluding hydrogens is 292 g/mol. The third-order valence-electron chi connectivity index (χ3n) is 3.84. The summed E-state index contributed by atoms with van der Waals surface area (Å²) in [6.45, 7) is 7.71. The van der Waals surface area contributed by atoms with E-state index >= 15 is 0 Å². The Morgan fingerprint density at radius 3 is 2.43 bits per heavy atom. The van der Waals surface area contributed by atoms with Crippen LogP contribution in [0.5, 0.6) is 0 Å². The van der Waals surface area contributed by atoms with Crippen molar-refractivity contribution in [1.82, 2.24) is 5.32 Å². The molecule has 5 nitrogen and oxygen atoms in total. The number of hydrogen-bond acceptors (Lipinski definition) is 3. The zero-order valence-electron chi connectivity index (χ0n) is 13.8. The van der Waals surface area contributed by atoms with Crippen molar-refractivity contribution in [2.24, 2.45) is 5.92 Å². The van der Waals surface area contributed by atoms with Gasteiger partial charge in [0.05, 0.1) is 6.26 Å². The Balaban J connectivity index is 2.12. The SMILES string of the molecule is Cc1cccc(NC(=O)C(NC(=O)c2ccco2)C(C)C)c1C. The molecule has 1 aromatic carbocycles. The van der Waals surface area contributed by atoms with Gasteiger partial charge in [-0.1, -0.05) is 26.0 Å². The fourth-order valence-corrected chi connectivity index (χ4v) is 2.25. The Morgan fingerprint density at radius 2 is 1.83 bits per heavy atom. The van der Waals surface area contributed by atoms with Gasteiger partial charge in [0.2, 0.25) is 5.91 Å². The van der Waals surface area contributed by atoms with Crippen molar-refractivity contribution in [3.8, 4) is 0 Å². The summed E-state index contributed by atoms with van der Waals surface area (Å²) in [5, 5.41) is 5.63. The molecule has 0 bridgehead atoms. The molecule has 5 heteroatoms. The molecule has 0 aliphatic carbocycles. The number of amides is 2. The van der Waals surface area contributed by atoms with Crippen LogP contribution in [0.15, 0.2) is 41.0 Å².